The summed E-state index contributed by atoms with van der Waals surface area (Å²) >= 11 is 0. The Morgan fingerprint density at radius 1 is 1.31 bits per heavy atom. The van der Waals surface area contributed by atoms with Gasteiger partial charge in [-0.3, -0.25) is 0 Å². The number of benzene rings is 1. The molecule has 88 valence electrons. The van der Waals surface area contributed by atoms with Crippen molar-refractivity contribution in [2.75, 3.05) is 0 Å². The lowest BCUT2D eigenvalue weighted by atomic mass is 10.1. The minimum Gasteiger partial charge on any atom is -0.624 e. The molecule has 0 bridgehead atoms. The van der Waals surface area contributed by atoms with Crippen LogP contribution in [0.2, 0.25) is 0 Å². The molecule has 3 heteroatoms. The lowest BCUT2D eigenvalue weighted by Crippen LogP contribution is -2.20. The lowest BCUT2D eigenvalue weighted by Gasteiger charge is -2.11. The van der Waals surface area contributed by atoms with Crippen molar-refractivity contribution < 1.29 is 9.85 Å². The monoisotopic (exact) mass is 221 g/mol. The molecule has 0 aliphatic heterocycles. The summed E-state index contributed by atoms with van der Waals surface area (Å²) in [5.41, 5.74) is 1.98. The fourth-order valence-corrected chi connectivity index (χ4v) is 1.54. The zero-order chi connectivity index (χ0) is 12.1. The van der Waals surface area contributed by atoms with E-state index in [0.29, 0.717) is 0 Å². The third-order valence-electron chi connectivity index (χ3n) is 2.56. The molecule has 3 nitrogen and oxygen atoms in total. The smallest absolute Gasteiger partial charge is 0.160 e. The maximum atomic E-state index is 11.6. The van der Waals surface area contributed by atoms with E-state index < -0.39 is 0 Å². The van der Waals surface area contributed by atoms with E-state index in [2.05, 4.69) is 0 Å². The number of phenolic OH excluding ortho intramolecular Hbond substituents is 1. The Labute approximate surface area is 96.6 Å². The third kappa shape index (κ3) is 3.57. The molecule has 0 saturated carbocycles. The standard InChI is InChI=1S/C13H19NO2/c1-10(2)14(16)11(3)4-5-12-6-8-13(15)9-7-12/h6-10,15H,4-5H2,1-3H3. The summed E-state index contributed by atoms with van der Waals surface area (Å²) in [6.45, 7) is 5.64. The van der Waals surface area contributed by atoms with Gasteiger partial charge < -0.3 is 10.3 Å². The zero-order valence-corrected chi connectivity index (χ0v) is 10.1. The molecular formula is C13H19NO2. The second kappa shape index (κ2) is 5.54. The average Bonchev–Trinajstić information content (AvgIpc) is 2.26. The minimum atomic E-state index is -0.000169. The quantitative estimate of drug-likeness (QED) is 0.368. The first-order valence-corrected chi connectivity index (χ1v) is 5.57. The topological polar surface area (TPSA) is 46.3 Å². The summed E-state index contributed by atoms with van der Waals surface area (Å²) in [7, 11) is 0. The Kier molecular flexibility index (Phi) is 4.35. The Morgan fingerprint density at radius 2 is 1.88 bits per heavy atom. The predicted octanol–water partition coefficient (Wildman–Crippen LogP) is 2.70. The summed E-state index contributed by atoms with van der Waals surface area (Å²) in [6, 6.07) is 7.10. The third-order valence-corrected chi connectivity index (χ3v) is 2.56. The van der Waals surface area contributed by atoms with Gasteiger partial charge in [-0.05, 0) is 38.0 Å². The van der Waals surface area contributed by atoms with E-state index in [-0.39, 0.29) is 11.8 Å². The van der Waals surface area contributed by atoms with E-state index in [1.807, 2.05) is 32.9 Å². The Balaban J connectivity index is 2.58. The number of hydrogen-bond acceptors (Lipinski definition) is 2. The second-order valence-corrected chi connectivity index (χ2v) is 4.32. The molecule has 1 N–H and O–H groups in total. The highest BCUT2D eigenvalue weighted by atomic mass is 16.5. The first-order valence-electron chi connectivity index (χ1n) is 5.57. The SMILES string of the molecule is CC(CCc1ccc(O)cc1)=[N+]([O-])C(C)C. The molecule has 0 heterocycles. The Hall–Kier alpha value is -1.51. The molecule has 0 unspecified atom stereocenters. The number of phenols is 1. The van der Waals surface area contributed by atoms with Gasteiger partial charge in [0.15, 0.2) is 11.8 Å². The molecule has 0 aliphatic carbocycles. The molecule has 16 heavy (non-hydrogen) atoms. The van der Waals surface area contributed by atoms with Crippen LogP contribution in [0, 0.1) is 5.21 Å². The molecule has 0 aromatic heterocycles. The van der Waals surface area contributed by atoms with Gasteiger partial charge >= 0.3 is 0 Å². The van der Waals surface area contributed by atoms with Crippen molar-refractivity contribution in [3.05, 3.63) is 35.0 Å². The van der Waals surface area contributed by atoms with Crippen LogP contribution < -0.4 is 0 Å². The highest BCUT2D eigenvalue weighted by molar-refractivity contribution is 5.77. The predicted molar refractivity (Wildman–Crippen MR) is 65.9 cm³/mol. The van der Waals surface area contributed by atoms with Gasteiger partial charge in [0, 0.05) is 13.3 Å². The van der Waals surface area contributed by atoms with Crippen molar-refractivity contribution in [2.45, 2.75) is 39.7 Å². The van der Waals surface area contributed by atoms with Crippen LogP contribution in [0.4, 0.5) is 0 Å². The van der Waals surface area contributed by atoms with Crippen molar-refractivity contribution in [1.29, 1.82) is 0 Å². The van der Waals surface area contributed by atoms with Gasteiger partial charge in [0.2, 0.25) is 0 Å². The molecule has 1 aromatic rings. The Morgan fingerprint density at radius 3 is 2.38 bits per heavy atom. The van der Waals surface area contributed by atoms with Crippen LogP contribution in [-0.2, 0) is 6.42 Å². The maximum Gasteiger partial charge on any atom is 0.160 e. The van der Waals surface area contributed by atoms with E-state index in [4.69, 9.17) is 5.11 Å². The van der Waals surface area contributed by atoms with Crippen molar-refractivity contribution in [1.82, 2.24) is 0 Å². The van der Waals surface area contributed by atoms with Gasteiger partial charge in [0.05, 0.1) is 0 Å². The van der Waals surface area contributed by atoms with Crippen LogP contribution in [-0.4, -0.2) is 21.6 Å². The van der Waals surface area contributed by atoms with Gasteiger partial charge in [0.25, 0.3) is 0 Å². The molecule has 1 rings (SSSR count). The summed E-state index contributed by atoms with van der Waals surface area (Å²) in [4.78, 5) is 0. The van der Waals surface area contributed by atoms with Crippen LogP contribution in [0.15, 0.2) is 24.3 Å². The number of aryl methyl sites for hydroxylation is 1. The number of aromatic hydroxyl groups is 1. The van der Waals surface area contributed by atoms with Crippen molar-refractivity contribution >= 4 is 5.71 Å². The van der Waals surface area contributed by atoms with E-state index >= 15 is 0 Å². The molecule has 0 saturated heterocycles. The molecule has 0 radical (unpaired) electrons. The lowest BCUT2D eigenvalue weighted by molar-refractivity contribution is -0.493. The molecule has 0 atom stereocenters. The van der Waals surface area contributed by atoms with Gasteiger partial charge in [0.1, 0.15) is 5.75 Å². The van der Waals surface area contributed by atoms with E-state index in [9.17, 15) is 5.21 Å². The average molecular weight is 221 g/mol. The van der Waals surface area contributed by atoms with Gasteiger partial charge in [-0.25, -0.2) is 4.74 Å². The summed E-state index contributed by atoms with van der Waals surface area (Å²) in [5.74, 6) is 0.275. The van der Waals surface area contributed by atoms with Crippen LogP contribution in [0.3, 0.4) is 0 Å². The molecular weight excluding hydrogens is 202 g/mol. The number of rotatable bonds is 4. The highest BCUT2D eigenvalue weighted by Gasteiger charge is 2.07. The molecule has 0 aliphatic rings. The van der Waals surface area contributed by atoms with E-state index in [1.165, 1.54) is 0 Å². The first kappa shape index (κ1) is 12.6. The summed E-state index contributed by atoms with van der Waals surface area (Å²) in [5, 5.41) is 20.7. The van der Waals surface area contributed by atoms with Crippen molar-refractivity contribution in [3.8, 4) is 5.75 Å². The molecule has 1 aromatic carbocycles. The fraction of sp³-hybridized carbons (Fsp3) is 0.462. The van der Waals surface area contributed by atoms with Gasteiger partial charge in [-0.2, -0.15) is 0 Å². The minimum absolute atomic E-state index is 0.000169. The van der Waals surface area contributed by atoms with Gasteiger partial charge in [-0.15, -0.1) is 0 Å². The van der Waals surface area contributed by atoms with Crippen LogP contribution >= 0.6 is 0 Å². The highest BCUT2D eigenvalue weighted by Crippen LogP contribution is 2.11. The van der Waals surface area contributed by atoms with Gasteiger partial charge in [-0.1, -0.05) is 12.1 Å². The van der Waals surface area contributed by atoms with Crippen molar-refractivity contribution in [3.63, 3.8) is 0 Å². The summed E-state index contributed by atoms with van der Waals surface area (Å²) < 4.78 is 1.06. The normalized spacial score (nSPS) is 12.8. The maximum absolute atomic E-state index is 11.6. The molecule has 0 spiro atoms. The first-order chi connectivity index (χ1) is 7.50. The fourth-order valence-electron chi connectivity index (χ4n) is 1.54. The zero-order valence-electron chi connectivity index (χ0n) is 10.1. The molecule has 0 amide bonds. The second-order valence-electron chi connectivity index (χ2n) is 4.32. The number of hydrogen-bond donors (Lipinski definition) is 1. The summed E-state index contributed by atoms with van der Waals surface area (Å²) in [6.07, 6.45) is 1.59. The largest absolute Gasteiger partial charge is 0.624 e. The van der Waals surface area contributed by atoms with E-state index in [1.54, 1.807) is 12.1 Å². The van der Waals surface area contributed by atoms with Crippen molar-refractivity contribution in [2.24, 2.45) is 0 Å². The number of nitrogens with zero attached hydrogens (tertiary/aromatic N) is 1. The van der Waals surface area contributed by atoms with Crippen LogP contribution in [0.25, 0.3) is 0 Å². The van der Waals surface area contributed by atoms with E-state index in [0.717, 1.165) is 28.9 Å². The molecule has 0 fully saturated rings. The number of hydroxylamine groups is 1. The van der Waals surface area contributed by atoms with Crippen LogP contribution in [0.1, 0.15) is 32.8 Å². The Bertz CT molecular complexity index is 366. The van der Waals surface area contributed by atoms with Crippen LogP contribution in [0.5, 0.6) is 5.75 Å².